The van der Waals surface area contributed by atoms with Crippen molar-refractivity contribution in [3.05, 3.63) is 48.4 Å². The number of carboxylic acid groups (broad SMARTS) is 1. The SMILES string of the molecule is O=C(O)c1ccc2nnc(-c3ccncc3)n2c1. The van der Waals surface area contributed by atoms with Crippen molar-refractivity contribution in [1.29, 1.82) is 0 Å². The van der Waals surface area contributed by atoms with Crippen LogP contribution in [0.3, 0.4) is 0 Å². The number of hydrogen-bond donors (Lipinski definition) is 1. The zero-order valence-electron chi connectivity index (χ0n) is 9.19. The quantitative estimate of drug-likeness (QED) is 0.734. The zero-order valence-corrected chi connectivity index (χ0v) is 9.19. The van der Waals surface area contributed by atoms with Crippen molar-refractivity contribution in [3.8, 4) is 11.4 Å². The third kappa shape index (κ3) is 1.60. The summed E-state index contributed by atoms with van der Waals surface area (Å²) < 4.78 is 1.65. The molecule has 3 aromatic rings. The van der Waals surface area contributed by atoms with Crippen LogP contribution >= 0.6 is 0 Å². The summed E-state index contributed by atoms with van der Waals surface area (Å²) in [5.74, 6) is -0.387. The van der Waals surface area contributed by atoms with E-state index in [2.05, 4.69) is 15.2 Å². The van der Waals surface area contributed by atoms with Crippen LogP contribution in [0.15, 0.2) is 42.9 Å². The van der Waals surface area contributed by atoms with Gasteiger partial charge in [-0.1, -0.05) is 0 Å². The molecule has 0 aliphatic carbocycles. The average Bonchev–Trinajstić information content (AvgIpc) is 2.82. The molecular formula is C12H8N4O2. The maximum Gasteiger partial charge on any atom is 0.337 e. The van der Waals surface area contributed by atoms with Crippen LogP contribution in [0.5, 0.6) is 0 Å². The van der Waals surface area contributed by atoms with Gasteiger partial charge in [0.25, 0.3) is 0 Å². The van der Waals surface area contributed by atoms with Gasteiger partial charge in [0.05, 0.1) is 5.56 Å². The Hall–Kier alpha value is -2.76. The second-order valence-corrected chi connectivity index (χ2v) is 3.71. The minimum atomic E-state index is -0.980. The Morgan fingerprint density at radius 1 is 1.11 bits per heavy atom. The third-order valence-electron chi connectivity index (χ3n) is 2.59. The summed E-state index contributed by atoms with van der Waals surface area (Å²) in [7, 11) is 0. The van der Waals surface area contributed by atoms with Crippen molar-refractivity contribution >= 4 is 11.6 Å². The largest absolute Gasteiger partial charge is 0.478 e. The van der Waals surface area contributed by atoms with E-state index in [4.69, 9.17) is 5.11 Å². The van der Waals surface area contributed by atoms with Crippen LogP contribution in [0.2, 0.25) is 0 Å². The highest BCUT2D eigenvalue weighted by Gasteiger charge is 2.10. The number of aromatic carboxylic acids is 1. The molecule has 1 N–H and O–H groups in total. The molecule has 0 radical (unpaired) electrons. The lowest BCUT2D eigenvalue weighted by Gasteiger charge is -2.00. The lowest BCUT2D eigenvalue weighted by molar-refractivity contribution is 0.0696. The average molecular weight is 240 g/mol. The van der Waals surface area contributed by atoms with Crippen molar-refractivity contribution in [1.82, 2.24) is 19.6 Å². The first-order valence-electron chi connectivity index (χ1n) is 5.24. The third-order valence-corrected chi connectivity index (χ3v) is 2.59. The molecule has 0 saturated carbocycles. The van der Waals surface area contributed by atoms with Crippen LogP contribution in [0, 0.1) is 0 Å². The first-order valence-corrected chi connectivity index (χ1v) is 5.24. The Bertz CT molecular complexity index is 721. The molecule has 3 aromatic heterocycles. The number of nitrogens with zero attached hydrogens (tertiary/aromatic N) is 4. The van der Waals surface area contributed by atoms with Crippen molar-refractivity contribution in [3.63, 3.8) is 0 Å². The number of fused-ring (bicyclic) bond motifs is 1. The van der Waals surface area contributed by atoms with Gasteiger partial charge in [-0.25, -0.2) is 4.79 Å². The first kappa shape index (κ1) is 10.4. The molecule has 0 fully saturated rings. The normalized spacial score (nSPS) is 10.7. The summed E-state index contributed by atoms with van der Waals surface area (Å²) in [4.78, 5) is 14.9. The molecule has 6 heteroatoms. The van der Waals surface area contributed by atoms with E-state index in [-0.39, 0.29) is 5.56 Å². The van der Waals surface area contributed by atoms with Crippen LogP contribution in [-0.2, 0) is 0 Å². The fraction of sp³-hybridized carbons (Fsp3) is 0. The predicted molar refractivity (Wildman–Crippen MR) is 63.2 cm³/mol. The van der Waals surface area contributed by atoms with E-state index < -0.39 is 5.97 Å². The minimum Gasteiger partial charge on any atom is -0.478 e. The van der Waals surface area contributed by atoms with Gasteiger partial charge in [-0.05, 0) is 24.3 Å². The summed E-state index contributed by atoms with van der Waals surface area (Å²) in [6.45, 7) is 0. The summed E-state index contributed by atoms with van der Waals surface area (Å²) >= 11 is 0. The van der Waals surface area contributed by atoms with E-state index in [1.165, 1.54) is 12.3 Å². The zero-order chi connectivity index (χ0) is 12.5. The molecule has 0 aliphatic rings. The highest BCUT2D eigenvalue weighted by Crippen LogP contribution is 2.17. The van der Waals surface area contributed by atoms with Gasteiger partial charge in [0.2, 0.25) is 0 Å². The van der Waals surface area contributed by atoms with Gasteiger partial charge >= 0.3 is 5.97 Å². The van der Waals surface area contributed by atoms with E-state index in [0.717, 1.165) is 5.56 Å². The highest BCUT2D eigenvalue weighted by molar-refractivity contribution is 5.87. The summed E-state index contributed by atoms with van der Waals surface area (Å²) in [5, 5.41) is 17.0. The molecule has 0 bridgehead atoms. The number of carbonyl (C=O) groups is 1. The second-order valence-electron chi connectivity index (χ2n) is 3.71. The molecule has 3 heterocycles. The van der Waals surface area contributed by atoms with Gasteiger partial charge in [-0.3, -0.25) is 9.38 Å². The molecule has 88 valence electrons. The first-order chi connectivity index (χ1) is 8.75. The number of aromatic nitrogens is 4. The van der Waals surface area contributed by atoms with E-state index in [9.17, 15) is 4.79 Å². The van der Waals surface area contributed by atoms with E-state index in [1.54, 1.807) is 35.0 Å². The number of rotatable bonds is 2. The standard InChI is InChI=1S/C12H8N4O2/c17-12(18)9-1-2-10-14-15-11(16(10)7-9)8-3-5-13-6-4-8/h1-7H,(H,17,18). The van der Waals surface area contributed by atoms with E-state index in [1.807, 2.05) is 0 Å². The molecule has 0 aliphatic heterocycles. The molecule has 18 heavy (non-hydrogen) atoms. The molecule has 0 atom stereocenters. The minimum absolute atomic E-state index is 0.192. The molecule has 0 saturated heterocycles. The molecule has 0 aromatic carbocycles. The molecule has 0 spiro atoms. The monoisotopic (exact) mass is 240 g/mol. The van der Waals surface area contributed by atoms with Gasteiger partial charge in [0.1, 0.15) is 0 Å². The van der Waals surface area contributed by atoms with E-state index in [0.29, 0.717) is 11.5 Å². The van der Waals surface area contributed by atoms with Crippen LogP contribution in [-0.4, -0.2) is 30.7 Å². The fourth-order valence-corrected chi connectivity index (χ4v) is 1.72. The predicted octanol–water partition coefficient (Wildman–Crippen LogP) is 1.49. The molecule has 3 rings (SSSR count). The number of carboxylic acids is 1. The van der Waals surface area contributed by atoms with Crippen molar-refractivity contribution in [2.45, 2.75) is 0 Å². The summed E-state index contributed by atoms with van der Waals surface area (Å²) in [5.41, 5.74) is 1.63. The van der Waals surface area contributed by atoms with Gasteiger partial charge in [0, 0.05) is 24.2 Å². The highest BCUT2D eigenvalue weighted by atomic mass is 16.4. The lowest BCUT2D eigenvalue weighted by Crippen LogP contribution is -1.99. The van der Waals surface area contributed by atoms with Crippen molar-refractivity contribution in [2.24, 2.45) is 0 Å². The van der Waals surface area contributed by atoms with Gasteiger partial charge < -0.3 is 5.11 Å². The Morgan fingerprint density at radius 2 is 1.89 bits per heavy atom. The van der Waals surface area contributed by atoms with Crippen LogP contribution in [0.1, 0.15) is 10.4 Å². The molecule has 6 nitrogen and oxygen atoms in total. The Labute approximate surface area is 102 Å². The van der Waals surface area contributed by atoms with Crippen molar-refractivity contribution < 1.29 is 9.90 Å². The molecular weight excluding hydrogens is 232 g/mol. The number of pyridine rings is 2. The summed E-state index contributed by atoms with van der Waals surface area (Å²) in [6.07, 6.45) is 4.81. The Morgan fingerprint density at radius 3 is 2.61 bits per heavy atom. The van der Waals surface area contributed by atoms with Gasteiger partial charge in [-0.2, -0.15) is 0 Å². The van der Waals surface area contributed by atoms with Gasteiger partial charge in [0.15, 0.2) is 11.5 Å². The maximum atomic E-state index is 11.0. The van der Waals surface area contributed by atoms with Crippen LogP contribution < -0.4 is 0 Å². The van der Waals surface area contributed by atoms with Crippen LogP contribution in [0.4, 0.5) is 0 Å². The second kappa shape index (κ2) is 3.92. The van der Waals surface area contributed by atoms with Crippen LogP contribution in [0.25, 0.3) is 17.0 Å². The van der Waals surface area contributed by atoms with E-state index >= 15 is 0 Å². The Balaban J connectivity index is 2.24. The molecule has 0 amide bonds. The topological polar surface area (TPSA) is 80.4 Å². The van der Waals surface area contributed by atoms with Gasteiger partial charge in [-0.15, -0.1) is 10.2 Å². The lowest BCUT2D eigenvalue weighted by atomic mass is 10.2. The maximum absolute atomic E-state index is 11.0. The smallest absolute Gasteiger partial charge is 0.337 e. The Kier molecular flexibility index (Phi) is 2.26. The fourth-order valence-electron chi connectivity index (χ4n) is 1.72. The van der Waals surface area contributed by atoms with Crippen molar-refractivity contribution in [2.75, 3.05) is 0 Å². The number of hydrogen-bond acceptors (Lipinski definition) is 4. The molecule has 0 unspecified atom stereocenters. The summed E-state index contributed by atoms with van der Waals surface area (Å²) in [6, 6.07) is 6.72.